The molecule has 1 saturated heterocycles. The van der Waals surface area contributed by atoms with Crippen molar-refractivity contribution < 1.29 is 14.1 Å². The van der Waals surface area contributed by atoms with Crippen LogP contribution in [0.1, 0.15) is 18.6 Å². The number of likely N-dealkylation sites (tertiary alicyclic amines) is 1. The summed E-state index contributed by atoms with van der Waals surface area (Å²) in [5.74, 6) is 0.623. The fraction of sp³-hybridized carbons (Fsp3) is 0.600. The van der Waals surface area contributed by atoms with E-state index in [1.165, 1.54) is 7.11 Å². The predicted molar refractivity (Wildman–Crippen MR) is 52.0 cm³/mol. The first-order valence-corrected chi connectivity index (χ1v) is 5.02. The van der Waals surface area contributed by atoms with Gasteiger partial charge in [-0.1, -0.05) is 5.16 Å². The summed E-state index contributed by atoms with van der Waals surface area (Å²) < 4.78 is 9.77. The Hall–Kier alpha value is -1.36. The maximum atomic E-state index is 11.4. The van der Waals surface area contributed by atoms with Gasteiger partial charge in [0.2, 0.25) is 0 Å². The van der Waals surface area contributed by atoms with E-state index in [-0.39, 0.29) is 12.0 Å². The average molecular weight is 210 g/mol. The van der Waals surface area contributed by atoms with Crippen molar-refractivity contribution in [3.05, 3.63) is 18.0 Å². The molecule has 0 aliphatic carbocycles. The van der Waals surface area contributed by atoms with Gasteiger partial charge in [0, 0.05) is 6.07 Å². The van der Waals surface area contributed by atoms with Gasteiger partial charge in [-0.25, -0.2) is 0 Å². The summed E-state index contributed by atoms with van der Waals surface area (Å²) in [6.07, 6.45) is 3.49. The zero-order chi connectivity index (χ0) is 10.7. The normalized spacial score (nSPS) is 21.8. The van der Waals surface area contributed by atoms with Crippen molar-refractivity contribution >= 4 is 5.97 Å². The van der Waals surface area contributed by atoms with Gasteiger partial charge in [0.25, 0.3) is 0 Å². The Morgan fingerprint density at radius 2 is 2.67 bits per heavy atom. The van der Waals surface area contributed by atoms with Crippen LogP contribution in [0, 0.1) is 0 Å². The van der Waals surface area contributed by atoms with E-state index in [9.17, 15) is 4.79 Å². The van der Waals surface area contributed by atoms with Crippen LogP contribution in [0.2, 0.25) is 0 Å². The van der Waals surface area contributed by atoms with Gasteiger partial charge in [-0.05, 0) is 19.4 Å². The quantitative estimate of drug-likeness (QED) is 0.691. The topological polar surface area (TPSA) is 55.6 Å². The Labute approximate surface area is 88.0 Å². The maximum Gasteiger partial charge on any atom is 0.323 e. The number of hydrogen-bond acceptors (Lipinski definition) is 5. The lowest BCUT2D eigenvalue weighted by Gasteiger charge is -2.20. The minimum Gasteiger partial charge on any atom is -0.468 e. The van der Waals surface area contributed by atoms with E-state index >= 15 is 0 Å². The molecule has 1 aliphatic rings. The van der Waals surface area contributed by atoms with E-state index in [1.807, 2.05) is 6.07 Å². The molecule has 1 atom stereocenters. The lowest BCUT2D eigenvalue weighted by atomic mass is 10.2. The van der Waals surface area contributed by atoms with Crippen molar-refractivity contribution in [1.82, 2.24) is 10.1 Å². The molecule has 0 N–H and O–H groups in total. The molecule has 82 valence electrons. The van der Waals surface area contributed by atoms with Crippen LogP contribution in [0.15, 0.2) is 16.8 Å². The highest BCUT2D eigenvalue weighted by atomic mass is 16.5. The van der Waals surface area contributed by atoms with Crippen LogP contribution in [0.4, 0.5) is 0 Å². The standard InChI is InChI=1S/C10H14N2O3/c1-14-10(13)9-3-2-6-12(9)7-8-4-5-11-15-8/h4-5,9H,2-3,6-7H2,1H3. The Morgan fingerprint density at radius 1 is 1.80 bits per heavy atom. The molecule has 2 heterocycles. The van der Waals surface area contributed by atoms with Crippen molar-refractivity contribution in [3.8, 4) is 0 Å². The molecule has 15 heavy (non-hydrogen) atoms. The van der Waals surface area contributed by atoms with Crippen LogP contribution >= 0.6 is 0 Å². The lowest BCUT2D eigenvalue weighted by Crippen LogP contribution is -2.36. The molecule has 5 nitrogen and oxygen atoms in total. The van der Waals surface area contributed by atoms with Crippen LogP contribution in [-0.2, 0) is 16.1 Å². The summed E-state index contributed by atoms with van der Waals surface area (Å²) in [4.78, 5) is 13.5. The van der Waals surface area contributed by atoms with E-state index < -0.39 is 0 Å². The molecule has 0 bridgehead atoms. The van der Waals surface area contributed by atoms with E-state index in [0.29, 0.717) is 6.54 Å². The number of ether oxygens (including phenoxy) is 1. The van der Waals surface area contributed by atoms with Gasteiger partial charge in [0.1, 0.15) is 6.04 Å². The Kier molecular flexibility index (Phi) is 3.01. The molecule has 1 aromatic rings. The summed E-state index contributed by atoms with van der Waals surface area (Å²) in [5.41, 5.74) is 0. The smallest absolute Gasteiger partial charge is 0.323 e. The lowest BCUT2D eigenvalue weighted by molar-refractivity contribution is -0.146. The van der Waals surface area contributed by atoms with Gasteiger partial charge >= 0.3 is 5.97 Å². The highest BCUT2D eigenvalue weighted by molar-refractivity contribution is 5.75. The van der Waals surface area contributed by atoms with Crippen molar-refractivity contribution in [2.75, 3.05) is 13.7 Å². The van der Waals surface area contributed by atoms with Crippen molar-refractivity contribution in [1.29, 1.82) is 0 Å². The first-order valence-electron chi connectivity index (χ1n) is 5.02. The highest BCUT2D eigenvalue weighted by Crippen LogP contribution is 2.20. The molecule has 0 saturated carbocycles. The molecule has 1 aliphatic heterocycles. The van der Waals surface area contributed by atoms with Gasteiger partial charge in [-0.15, -0.1) is 0 Å². The first kappa shape index (κ1) is 10.2. The molecule has 0 amide bonds. The molecule has 0 radical (unpaired) electrons. The number of nitrogens with zero attached hydrogens (tertiary/aromatic N) is 2. The molecular weight excluding hydrogens is 196 g/mol. The third-order valence-corrected chi connectivity index (χ3v) is 2.69. The summed E-state index contributed by atoms with van der Waals surface area (Å²) >= 11 is 0. The third-order valence-electron chi connectivity index (χ3n) is 2.69. The average Bonchev–Trinajstić information content (AvgIpc) is 2.88. The number of carbonyl (C=O) groups is 1. The fourth-order valence-electron chi connectivity index (χ4n) is 1.94. The van der Waals surface area contributed by atoms with Crippen molar-refractivity contribution in [3.63, 3.8) is 0 Å². The largest absolute Gasteiger partial charge is 0.468 e. The van der Waals surface area contributed by atoms with E-state index in [1.54, 1.807) is 6.20 Å². The Balaban J connectivity index is 1.99. The summed E-state index contributed by atoms with van der Waals surface area (Å²) in [6, 6.07) is 1.69. The van der Waals surface area contributed by atoms with Crippen LogP contribution in [0.25, 0.3) is 0 Å². The Morgan fingerprint density at radius 3 is 3.33 bits per heavy atom. The van der Waals surface area contributed by atoms with E-state index in [2.05, 4.69) is 10.1 Å². The summed E-state index contributed by atoms with van der Waals surface area (Å²) in [5, 5.41) is 3.64. The molecular formula is C10H14N2O3. The number of carbonyl (C=O) groups excluding carboxylic acids is 1. The van der Waals surface area contributed by atoms with Gasteiger partial charge in [-0.2, -0.15) is 0 Å². The maximum absolute atomic E-state index is 11.4. The van der Waals surface area contributed by atoms with Crippen molar-refractivity contribution in [2.24, 2.45) is 0 Å². The zero-order valence-corrected chi connectivity index (χ0v) is 8.68. The second-order valence-corrected chi connectivity index (χ2v) is 3.63. The van der Waals surface area contributed by atoms with Gasteiger partial charge < -0.3 is 9.26 Å². The minimum absolute atomic E-state index is 0.125. The van der Waals surface area contributed by atoms with E-state index in [4.69, 9.17) is 9.26 Å². The van der Waals surface area contributed by atoms with Crippen LogP contribution in [-0.4, -0.2) is 35.7 Å². The molecule has 2 rings (SSSR count). The Bertz CT molecular complexity index is 323. The van der Waals surface area contributed by atoms with Gasteiger partial charge in [-0.3, -0.25) is 9.69 Å². The van der Waals surface area contributed by atoms with E-state index in [0.717, 1.165) is 25.1 Å². The first-order chi connectivity index (χ1) is 7.31. The number of hydrogen-bond donors (Lipinski definition) is 0. The number of esters is 1. The number of rotatable bonds is 3. The van der Waals surface area contributed by atoms with Crippen LogP contribution in [0.3, 0.4) is 0 Å². The summed E-state index contributed by atoms with van der Waals surface area (Å²) in [7, 11) is 1.42. The molecule has 1 aromatic heterocycles. The zero-order valence-electron chi connectivity index (χ0n) is 8.68. The molecule has 1 fully saturated rings. The molecule has 1 unspecified atom stereocenters. The van der Waals surface area contributed by atoms with Crippen LogP contribution < -0.4 is 0 Å². The monoisotopic (exact) mass is 210 g/mol. The second kappa shape index (κ2) is 4.44. The minimum atomic E-state index is -0.160. The molecule has 0 spiro atoms. The highest BCUT2D eigenvalue weighted by Gasteiger charge is 2.31. The predicted octanol–water partition coefficient (Wildman–Crippen LogP) is 0.812. The second-order valence-electron chi connectivity index (χ2n) is 3.63. The third kappa shape index (κ3) is 2.18. The fourth-order valence-corrected chi connectivity index (χ4v) is 1.94. The number of aromatic nitrogens is 1. The van der Waals surface area contributed by atoms with Gasteiger partial charge in [0.15, 0.2) is 5.76 Å². The number of methoxy groups -OCH3 is 1. The summed E-state index contributed by atoms with van der Waals surface area (Å²) in [6.45, 7) is 1.53. The SMILES string of the molecule is COC(=O)C1CCCN1Cc1ccno1. The van der Waals surface area contributed by atoms with Gasteiger partial charge in [0.05, 0.1) is 19.9 Å². The molecule has 5 heteroatoms. The molecule has 0 aromatic carbocycles. The van der Waals surface area contributed by atoms with Crippen molar-refractivity contribution in [2.45, 2.75) is 25.4 Å². The van der Waals surface area contributed by atoms with Crippen LogP contribution in [0.5, 0.6) is 0 Å².